The number of rotatable bonds is 1. The maximum Gasteiger partial charge on any atom is 0.0839 e. The zero-order chi connectivity index (χ0) is 11.5. The molecule has 3 aliphatic heterocycles. The summed E-state index contributed by atoms with van der Waals surface area (Å²) in [5, 5.41) is 0. The van der Waals surface area contributed by atoms with Gasteiger partial charge in [-0.3, -0.25) is 0 Å². The molecule has 0 unspecified atom stereocenters. The van der Waals surface area contributed by atoms with Crippen molar-refractivity contribution >= 4 is 0 Å². The number of nitrogens with one attached hydrogen (secondary N) is 1. The molecule has 3 rings (SSSR count). The molecule has 3 saturated heterocycles. The molecule has 0 radical (unpaired) electrons. The lowest BCUT2D eigenvalue weighted by atomic mass is 9.83. The number of fused-ring (bicyclic) bond motifs is 3. The third kappa shape index (κ3) is 4.60. The van der Waals surface area contributed by atoms with E-state index in [-0.39, 0.29) is 0 Å². The van der Waals surface area contributed by atoms with Gasteiger partial charge < -0.3 is 9.64 Å². The number of ether oxygens (including phenoxy) is 1. The first-order valence-electron chi connectivity index (χ1n) is 4.85. The fraction of sp³-hybridized carbons (Fsp3) is 1.00. The maximum atomic E-state index is 8.49. The van der Waals surface area contributed by atoms with Gasteiger partial charge in [0.1, 0.15) is 0 Å². The number of hydrogen-bond acceptors (Lipinski definition) is 5. The number of halogens is 1. The second-order valence-corrected chi connectivity index (χ2v) is 4.77. The average Bonchev–Trinajstić information content (AvgIpc) is 2.18. The molecule has 0 aromatic heterocycles. The van der Waals surface area contributed by atoms with E-state index in [2.05, 4.69) is 0 Å². The van der Waals surface area contributed by atoms with Crippen LogP contribution in [0.3, 0.4) is 0 Å². The summed E-state index contributed by atoms with van der Waals surface area (Å²) in [5.74, 6) is 0. The Morgan fingerprint density at radius 1 is 1.00 bits per heavy atom. The van der Waals surface area contributed by atoms with E-state index in [9.17, 15) is 0 Å². The van der Waals surface area contributed by atoms with Crippen molar-refractivity contribution in [2.45, 2.75) is 24.9 Å². The smallest absolute Gasteiger partial charge is 0.0839 e. The van der Waals surface area contributed by atoms with Crippen molar-refractivity contribution in [2.75, 3.05) is 26.7 Å². The molecular formula is C8H16ClNO5. The van der Waals surface area contributed by atoms with Crippen molar-refractivity contribution in [3.05, 3.63) is 0 Å². The Kier molecular flexibility index (Phi) is 4.30. The first kappa shape index (κ1) is 13.1. The van der Waals surface area contributed by atoms with E-state index in [1.165, 1.54) is 38.9 Å². The monoisotopic (exact) mass is 241 g/mol. The second kappa shape index (κ2) is 4.92. The molecule has 15 heavy (non-hydrogen) atoms. The SMILES string of the molecule is COC12CC[NH+](CC1)CC2.[O-][Cl+3]([O-])([O-])[O-]. The summed E-state index contributed by atoms with van der Waals surface area (Å²) in [5.41, 5.74) is 0.307. The van der Waals surface area contributed by atoms with E-state index in [1.807, 2.05) is 7.11 Å². The van der Waals surface area contributed by atoms with Gasteiger partial charge in [0.05, 0.1) is 25.2 Å². The van der Waals surface area contributed by atoms with Gasteiger partial charge in [-0.1, -0.05) is 0 Å². The summed E-state index contributed by atoms with van der Waals surface area (Å²) in [6, 6.07) is 0. The van der Waals surface area contributed by atoms with E-state index in [0.29, 0.717) is 5.60 Å². The second-order valence-electron chi connectivity index (χ2n) is 4.02. The Hall–Kier alpha value is 0.0500. The molecule has 0 atom stereocenters. The van der Waals surface area contributed by atoms with Gasteiger partial charge in [-0.15, -0.1) is 10.2 Å². The van der Waals surface area contributed by atoms with Crippen LogP contribution in [0, 0.1) is 10.2 Å². The Balaban J connectivity index is 0.000000195. The molecular weight excluding hydrogens is 226 g/mol. The first-order valence-corrected chi connectivity index (χ1v) is 6.09. The van der Waals surface area contributed by atoms with Crippen LogP contribution in [0.4, 0.5) is 0 Å². The van der Waals surface area contributed by atoms with Gasteiger partial charge in [0.2, 0.25) is 0 Å². The van der Waals surface area contributed by atoms with Gasteiger partial charge >= 0.3 is 0 Å². The molecule has 6 nitrogen and oxygen atoms in total. The molecule has 7 heteroatoms. The molecule has 3 aliphatic rings. The zero-order valence-electron chi connectivity index (χ0n) is 8.66. The van der Waals surface area contributed by atoms with E-state index < -0.39 is 10.2 Å². The van der Waals surface area contributed by atoms with E-state index in [4.69, 9.17) is 23.4 Å². The van der Waals surface area contributed by atoms with Crippen LogP contribution >= 0.6 is 0 Å². The fourth-order valence-electron chi connectivity index (χ4n) is 2.27. The third-order valence-corrected chi connectivity index (χ3v) is 3.24. The highest BCUT2D eigenvalue weighted by molar-refractivity contribution is 4.85. The summed E-state index contributed by atoms with van der Waals surface area (Å²) in [6.07, 6.45) is 3.87. The van der Waals surface area contributed by atoms with Crippen LogP contribution in [0.2, 0.25) is 0 Å². The Morgan fingerprint density at radius 2 is 1.33 bits per heavy atom. The average molecular weight is 242 g/mol. The van der Waals surface area contributed by atoms with Crippen LogP contribution in [0.5, 0.6) is 0 Å². The van der Waals surface area contributed by atoms with Gasteiger partial charge in [0.15, 0.2) is 0 Å². The third-order valence-electron chi connectivity index (χ3n) is 3.24. The molecule has 2 bridgehead atoms. The number of quaternary nitrogens is 1. The largest absolute Gasteiger partial charge is 0.378 e. The van der Waals surface area contributed by atoms with Crippen LogP contribution in [-0.4, -0.2) is 32.3 Å². The molecule has 3 fully saturated rings. The summed E-state index contributed by atoms with van der Waals surface area (Å²) in [4.78, 5) is 1.79. The number of methoxy groups -OCH3 is 1. The van der Waals surface area contributed by atoms with Crippen LogP contribution in [-0.2, 0) is 4.74 Å². The summed E-state index contributed by atoms with van der Waals surface area (Å²) >= 11 is 0. The van der Waals surface area contributed by atoms with Crippen molar-refractivity contribution in [1.82, 2.24) is 0 Å². The van der Waals surface area contributed by atoms with E-state index in [1.54, 1.807) is 4.90 Å². The summed E-state index contributed by atoms with van der Waals surface area (Å²) in [7, 11) is -3.07. The minimum Gasteiger partial charge on any atom is -0.378 e. The van der Waals surface area contributed by atoms with Crippen molar-refractivity contribution in [3.63, 3.8) is 0 Å². The molecule has 1 N–H and O–H groups in total. The lowest BCUT2D eigenvalue weighted by Crippen LogP contribution is -3.16. The van der Waals surface area contributed by atoms with E-state index >= 15 is 0 Å². The van der Waals surface area contributed by atoms with Crippen molar-refractivity contribution < 1.29 is 38.5 Å². The van der Waals surface area contributed by atoms with Gasteiger partial charge in [0, 0.05) is 26.4 Å². The molecule has 0 aromatic carbocycles. The maximum absolute atomic E-state index is 8.49. The highest BCUT2D eigenvalue weighted by Crippen LogP contribution is 2.26. The van der Waals surface area contributed by atoms with Crippen LogP contribution < -0.4 is 23.5 Å². The lowest BCUT2D eigenvalue weighted by Gasteiger charge is -2.44. The lowest BCUT2D eigenvalue weighted by molar-refractivity contribution is -2.00. The minimum atomic E-state index is -4.94. The van der Waals surface area contributed by atoms with Crippen LogP contribution in [0.25, 0.3) is 0 Å². The van der Waals surface area contributed by atoms with Gasteiger partial charge in [-0.2, -0.15) is 0 Å². The van der Waals surface area contributed by atoms with Crippen molar-refractivity contribution in [3.8, 4) is 0 Å². The topological polar surface area (TPSA) is 106 Å². The zero-order valence-corrected chi connectivity index (χ0v) is 9.42. The quantitative estimate of drug-likeness (QED) is 0.494. The summed E-state index contributed by atoms with van der Waals surface area (Å²) in [6.45, 7) is 4.02. The molecule has 0 aliphatic carbocycles. The van der Waals surface area contributed by atoms with Crippen molar-refractivity contribution in [1.29, 1.82) is 0 Å². The molecule has 0 amide bonds. The van der Waals surface area contributed by atoms with Crippen molar-refractivity contribution in [2.24, 2.45) is 0 Å². The van der Waals surface area contributed by atoms with Gasteiger partial charge in [-0.05, 0) is 0 Å². The molecule has 0 spiro atoms. The Bertz CT molecular complexity index is 180. The number of hydrogen-bond donors (Lipinski definition) is 1. The molecule has 0 aromatic rings. The Morgan fingerprint density at radius 3 is 1.53 bits per heavy atom. The van der Waals surface area contributed by atoms with Gasteiger partial charge in [-0.25, -0.2) is 18.6 Å². The molecule has 90 valence electrons. The van der Waals surface area contributed by atoms with Gasteiger partial charge in [0.25, 0.3) is 0 Å². The normalized spacial score (nSPS) is 34.6. The number of piperidine rings is 3. The Labute approximate surface area is 90.8 Å². The predicted octanol–water partition coefficient (Wildman–Crippen LogP) is -5.30. The minimum absolute atomic E-state index is 0.307. The molecule has 0 saturated carbocycles. The fourth-order valence-corrected chi connectivity index (χ4v) is 2.27. The summed E-state index contributed by atoms with van der Waals surface area (Å²) < 4.78 is 39.5. The highest BCUT2D eigenvalue weighted by atomic mass is 35.7. The highest BCUT2D eigenvalue weighted by Gasteiger charge is 2.42. The predicted molar refractivity (Wildman–Crippen MR) is 39.2 cm³/mol. The first-order chi connectivity index (χ1) is 6.85. The van der Waals surface area contributed by atoms with Crippen LogP contribution in [0.15, 0.2) is 0 Å². The van der Waals surface area contributed by atoms with Crippen LogP contribution in [0.1, 0.15) is 19.3 Å². The standard InChI is InChI=1S/C8H15NO.ClHO4/c1-10-8-2-5-9(6-3-8)7-4-8;2-1(3,4)5/h2-7H2,1H3;(H,2,3,4,5). The van der Waals surface area contributed by atoms with E-state index in [0.717, 1.165) is 0 Å². The molecule has 3 heterocycles.